The van der Waals surface area contributed by atoms with E-state index in [4.69, 9.17) is 14.2 Å². The zero-order valence-electron chi connectivity index (χ0n) is 46.3. The predicted octanol–water partition coefficient (Wildman–Crippen LogP) is 20.2. The Balaban J connectivity index is 4.42. The first-order valence-electron chi connectivity index (χ1n) is 29.9. The molecule has 404 valence electrons. The third kappa shape index (κ3) is 55.8. The van der Waals surface area contributed by atoms with Crippen molar-refractivity contribution in [3.05, 3.63) is 72.9 Å². The molecule has 0 bridgehead atoms. The van der Waals surface area contributed by atoms with Crippen LogP contribution >= 0.6 is 0 Å². The lowest BCUT2D eigenvalue weighted by molar-refractivity contribution is -0.167. The minimum absolute atomic E-state index is 0.0852. The molecule has 0 amide bonds. The van der Waals surface area contributed by atoms with Crippen molar-refractivity contribution in [3.8, 4) is 0 Å². The van der Waals surface area contributed by atoms with Gasteiger partial charge in [-0.3, -0.25) is 14.4 Å². The van der Waals surface area contributed by atoms with E-state index in [0.717, 1.165) is 96.3 Å². The van der Waals surface area contributed by atoms with Gasteiger partial charge in [0, 0.05) is 19.3 Å². The van der Waals surface area contributed by atoms with Crippen LogP contribution in [0.3, 0.4) is 0 Å². The summed E-state index contributed by atoms with van der Waals surface area (Å²) in [7, 11) is 0. The van der Waals surface area contributed by atoms with Gasteiger partial charge in [0.25, 0.3) is 0 Å². The van der Waals surface area contributed by atoms with Gasteiger partial charge in [-0.25, -0.2) is 0 Å². The largest absolute Gasteiger partial charge is 0.462 e. The Morgan fingerprint density at radius 3 is 0.900 bits per heavy atom. The Morgan fingerprint density at radius 2 is 0.557 bits per heavy atom. The second kappa shape index (κ2) is 58.4. The third-order valence-electron chi connectivity index (χ3n) is 12.9. The summed E-state index contributed by atoms with van der Waals surface area (Å²) in [5, 5.41) is 0. The molecule has 0 unspecified atom stereocenters. The summed E-state index contributed by atoms with van der Waals surface area (Å²) in [5.74, 6) is -0.911. The summed E-state index contributed by atoms with van der Waals surface area (Å²) in [6.07, 6.45) is 74.6. The molecule has 0 spiro atoms. The lowest BCUT2D eigenvalue weighted by Crippen LogP contribution is -2.30. The number of allylic oxidation sites excluding steroid dienone is 12. The lowest BCUT2D eigenvalue weighted by atomic mass is 10.0. The molecule has 1 atom stereocenters. The molecule has 0 N–H and O–H groups in total. The zero-order chi connectivity index (χ0) is 50.7. The highest BCUT2D eigenvalue weighted by Gasteiger charge is 2.19. The maximum absolute atomic E-state index is 12.9. The van der Waals surface area contributed by atoms with E-state index >= 15 is 0 Å². The summed E-state index contributed by atoms with van der Waals surface area (Å²) in [6.45, 7) is 6.52. The van der Waals surface area contributed by atoms with Crippen molar-refractivity contribution in [2.75, 3.05) is 13.2 Å². The smallest absolute Gasteiger partial charge is 0.306 e. The van der Waals surface area contributed by atoms with Gasteiger partial charge in [-0.15, -0.1) is 0 Å². The summed E-state index contributed by atoms with van der Waals surface area (Å²) >= 11 is 0. The fourth-order valence-electron chi connectivity index (χ4n) is 8.47. The zero-order valence-corrected chi connectivity index (χ0v) is 46.3. The van der Waals surface area contributed by atoms with Crippen molar-refractivity contribution in [1.82, 2.24) is 0 Å². The topological polar surface area (TPSA) is 78.9 Å². The first kappa shape index (κ1) is 66.9. The van der Waals surface area contributed by atoms with Crippen LogP contribution in [0.5, 0.6) is 0 Å². The van der Waals surface area contributed by atoms with Crippen LogP contribution in [0, 0.1) is 0 Å². The number of hydrogen-bond acceptors (Lipinski definition) is 6. The first-order chi connectivity index (χ1) is 34.5. The van der Waals surface area contributed by atoms with Crippen molar-refractivity contribution in [2.24, 2.45) is 0 Å². The lowest BCUT2D eigenvalue weighted by Gasteiger charge is -2.18. The van der Waals surface area contributed by atoms with Gasteiger partial charge >= 0.3 is 17.9 Å². The van der Waals surface area contributed by atoms with Crippen LogP contribution in [-0.4, -0.2) is 37.2 Å². The van der Waals surface area contributed by atoms with E-state index in [-0.39, 0.29) is 31.1 Å². The highest BCUT2D eigenvalue weighted by Crippen LogP contribution is 2.16. The SMILES string of the molecule is CC/C=C\C/C=C\C/C=C\C/C=C\C/C=C\CCCCCC(=O)OC[C@@H](COC(=O)CCCCCCCCCCCCCCCC)OC(=O)CCCCCCCCC/C=C\CCCCCCCCCC. The van der Waals surface area contributed by atoms with E-state index in [2.05, 4.69) is 93.7 Å². The molecule has 0 aromatic carbocycles. The standard InChI is InChI=1S/C64H112O6/c1-4-7-10-13-16-19-22-25-28-30-32-34-36-39-42-45-48-51-54-57-63(66)69-60-61(59-68-62(65)56-53-50-47-44-41-38-27-24-21-18-15-12-9-6-3)70-64(67)58-55-52-49-46-43-40-37-35-33-31-29-26-23-20-17-14-11-8-5-2/h7,10,16,19,25,28,31-34,39,42,61H,4-6,8-9,11-15,17-18,20-24,26-27,29-30,35-38,40-41,43-60H2,1-3H3/b10-7-,19-16-,28-25-,33-31-,34-32-,42-39-/t61-/m1/s1. The Kier molecular flexibility index (Phi) is 55.8. The van der Waals surface area contributed by atoms with Crippen LogP contribution < -0.4 is 0 Å². The van der Waals surface area contributed by atoms with Crippen LogP contribution in [0.4, 0.5) is 0 Å². The molecule has 0 aromatic rings. The molecule has 0 radical (unpaired) electrons. The molecule has 0 aliphatic heterocycles. The minimum Gasteiger partial charge on any atom is -0.462 e. The van der Waals surface area contributed by atoms with Gasteiger partial charge in [0.2, 0.25) is 0 Å². The number of unbranched alkanes of at least 4 members (excludes halogenated alkanes) is 31. The van der Waals surface area contributed by atoms with Gasteiger partial charge in [0.1, 0.15) is 13.2 Å². The van der Waals surface area contributed by atoms with Crippen LogP contribution in [0.15, 0.2) is 72.9 Å². The first-order valence-corrected chi connectivity index (χ1v) is 29.9. The van der Waals surface area contributed by atoms with Gasteiger partial charge in [-0.2, -0.15) is 0 Å². The summed E-state index contributed by atoms with van der Waals surface area (Å²) < 4.78 is 16.9. The molecule has 6 heteroatoms. The quantitative estimate of drug-likeness (QED) is 0.0261. The highest BCUT2D eigenvalue weighted by molar-refractivity contribution is 5.71. The molecule has 0 heterocycles. The van der Waals surface area contributed by atoms with Crippen molar-refractivity contribution in [2.45, 2.75) is 303 Å². The Morgan fingerprint density at radius 1 is 0.300 bits per heavy atom. The van der Waals surface area contributed by atoms with Gasteiger partial charge in [-0.1, -0.05) is 261 Å². The van der Waals surface area contributed by atoms with Gasteiger partial charge in [0.05, 0.1) is 0 Å². The molecule has 0 saturated heterocycles. The summed E-state index contributed by atoms with van der Waals surface area (Å²) in [6, 6.07) is 0. The van der Waals surface area contributed by atoms with E-state index in [9.17, 15) is 14.4 Å². The molecular weight excluding hydrogens is 865 g/mol. The molecule has 0 fully saturated rings. The fraction of sp³-hybridized carbons (Fsp3) is 0.766. The van der Waals surface area contributed by atoms with E-state index in [1.54, 1.807) is 0 Å². The van der Waals surface area contributed by atoms with Crippen molar-refractivity contribution >= 4 is 17.9 Å². The van der Waals surface area contributed by atoms with Crippen LogP contribution in [0.25, 0.3) is 0 Å². The van der Waals surface area contributed by atoms with E-state index in [0.29, 0.717) is 19.3 Å². The molecule has 0 rings (SSSR count). The number of carbonyl (C=O) groups excluding carboxylic acids is 3. The number of ether oxygens (including phenoxy) is 3. The van der Waals surface area contributed by atoms with E-state index in [1.807, 2.05) is 0 Å². The second-order valence-electron chi connectivity index (χ2n) is 19.9. The Bertz CT molecular complexity index is 1310. The fourth-order valence-corrected chi connectivity index (χ4v) is 8.47. The average molecular weight is 978 g/mol. The summed E-state index contributed by atoms with van der Waals surface area (Å²) in [4.78, 5) is 38.2. The Hall–Kier alpha value is -3.15. The maximum atomic E-state index is 12.9. The number of rotatable bonds is 54. The second-order valence-corrected chi connectivity index (χ2v) is 19.9. The Labute approximate surface area is 433 Å². The number of carbonyl (C=O) groups is 3. The van der Waals surface area contributed by atoms with Crippen molar-refractivity contribution < 1.29 is 28.6 Å². The average Bonchev–Trinajstić information content (AvgIpc) is 3.36. The van der Waals surface area contributed by atoms with Gasteiger partial charge in [0.15, 0.2) is 6.10 Å². The van der Waals surface area contributed by atoms with E-state index < -0.39 is 6.10 Å². The van der Waals surface area contributed by atoms with Crippen molar-refractivity contribution in [1.29, 1.82) is 0 Å². The van der Waals surface area contributed by atoms with Crippen LogP contribution in [0.2, 0.25) is 0 Å². The molecule has 0 saturated carbocycles. The third-order valence-corrected chi connectivity index (χ3v) is 12.9. The van der Waals surface area contributed by atoms with Crippen LogP contribution in [-0.2, 0) is 28.6 Å². The molecule has 0 aliphatic carbocycles. The molecule has 0 aliphatic rings. The van der Waals surface area contributed by atoms with Crippen LogP contribution in [0.1, 0.15) is 297 Å². The molecule has 6 nitrogen and oxygen atoms in total. The molecular formula is C64H112O6. The minimum atomic E-state index is -0.790. The van der Waals surface area contributed by atoms with Crippen molar-refractivity contribution in [3.63, 3.8) is 0 Å². The monoisotopic (exact) mass is 977 g/mol. The number of hydrogen-bond donors (Lipinski definition) is 0. The normalized spacial score (nSPS) is 12.6. The molecule has 70 heavy (non-hydrogen) atoms. The number of esters is 3. The molecule has 0 aromatic heterocycles. The maximum Gasteiger partial charge on any atom is 0.306 e. The predicted molar refractivity (Wildman–Crippen MR) is 302 cm³/mol. The van der Waals surface area contributed by atoms with E-state index in [1.165, 1.54) is 161 Å². The highest BCUT2D eigenvalue weighted by atomic mass is 16.6. The van der Waals surface area contributed by atoms with Gasteiger partial charge < -0.3 is 14.2 Å². The van der Waals surface area contributed by atoms with Gasteiger partial charge in [-0.05, 0) is 89.9 Å². The summed E-state index contributed by atoms with van der Waals surface area (Å²) in [5.41, 5.74) is 0.